The van der Waals surface area contributed by atoms with Crippen LogP contribution in [0.25, 0.3) is 0 Å². The van der Waals surface area contributed by atoms with Gasteiger partial charge in [0.1, 0.15) is 5.75 Å². The minimum atomic E-state index is -3.80. The van der Waals surface area contributed by atoms with Gasteiger partial charge in [0, 0.05) is 19.0 Å². The summed E-state index contributed by atoms with van der Waals surface area (Å²) >= 11 is 0. The Morgan fingerprint density at radius 1 is 1.30 bits per heavy atom. The summed E-state index contributed by atoms with van der Waals surface area (Å²) in [6.45, 7) is 1.43. The monoisotopic (exact) mass is 350 g/mol. The maximum atomic E-state index is 13.9. The Balaban J connectivity index is 1.88. The van der Waals surface area contributed by atoms with Crippen LogP contribution in [-0.4, -0.2) is 60.9 Å². The number of carboxylic acid groups (broad SMARTS) is 1. The van der Waals surface area contributed by atoms with E-state index < -0.39 is 39.9 Å². The van der Waals surface area contributed by atoms with Gasteiger partial charge in [0.2, 0.25) is 21.6 Å². The van der Waals surface area contributed by atoms with Crippen molar-refractivity contribution < 1.29 is 27.5 Å². The van der Waals surface area contributed by atoms with Crippen LogP contribution < -0.4 is 4.72 Å². The molecule has 2 N–H and O–H groups in total. The first-order valence-electron chi connectivity index (χ1n) is 7.81. The van der Waals surface area contributed by atoms with Gasteiger partial charge >= 0.3 is 5.97 Å². The lowest BCUT2D eigenvalue weighted by Gasteiger charge is -2.27. The number of rotatable bonds is 5. The molecule has 0 aromatic rings. The zero-order valence-corrected chi connectivity index (χ0v) is 13.9. The SMILES string of the molecule is CC1CCC(NS(=O)(=O)CC(=O)N2CCC(F)(C(=O)O)C2)CC1. The van der Waals surface area contributed by atoms with Crippen LogP contribution in [0.3, 0.4) is 0 Å². The summed E-state index contributed by atoms with van der Waals surface area (Å²) in [6.07, 6.45) is 3.05. The summed E-state index contributed by atoms with van der Waals surface area (Å²) in [5.41, 5.74) is -2.48. The first-order chi connectivity index (χ1) is 10.6. The van der Waals surface area contributed by atoms with E-state index in [1.165, 1.54) is 0 Å². The number of carbonyl (C=O) groups is 2. The Morgan fingerprint density at radius 3 is 2.43 bits per heavy atom. The number of halogens is 1. The number of amides is 1. The third-order valence-electron chi connectivity index (χ3n) is 4.63. The molecule has 2 aliphatic rings. The summed E-state index contributed by atoms with van der Waals surface area (Å²) in [7, 11) is -3.80. The molecule has 2 fully saturated rings. The molecule has 1 unspecified atom stereocenters. The molecule has 1 atom stereocenters. The van der Waals surface area contributed by atoms with Crippen molar-refractivity contribution in [1.29, 1.82) is 0 Å². The molecule has 132 valence electrons. The van der Waals surface area contributed by atoms with Gasteiger partial charge in [0.05, 0.1) is 6.54 Å². The van der Waals surface area contributed by atoms with Crippen LogP contribution in [0, 0.1) is 5.92 Å². The Bertz CT molecular complexity index is 574. The molecule has 0 spiro atoms. The number of alkyl halides is 1. The van der Waals surface area contributed by atoms with Crippen molar-refractivity contribution in [2.75, 3.05) is 18.8 Å². The van der Waals surface area contributed by atoms with Crippen molar-refractivity contribution in [3.8, 4) is 0 Å². The number of carboxylic acids is 1. The minimum Gasteiger partial charge on any atom is -0.479 e. The maximum Gasteiger partial charge on any atom is 0.343 e. The molecule has 1 aliphatic heterocycles. The fourth-order valence-electron chi connectivity index (χ4n) is 3.09. The molecule has 1 saturated heterocycles. The second-order valence-corrected chi connectivity index (χ2v) is 8.42. The third-order valence-corrected chi connectivity index (χ3v) is 5.95. The number of sulfonamides is 1. The van der Waals surface area contributed by atoms with E-state index in [1.54, 1.807) is 0 Å². The topological polar surface area (TPSA) is 104 Å². The first-order valence-corrected chi connectivity index (χ1v) is 9.46. The van der Waals surface area contributed by atoms with Gasteiger partial charge < -0.3 is 10.0 Å². The molecule has 7 nitrogen and oxygen atoms in total. The number of aliphatic carboxylic acids is 1. The van der Waals surface area contributed by atoms with Crippen LogP contribution in [0.2, 0.25) is 0 Å². The zero-order valence-electron chi connectivity index (χ0n) is 13.1. The molecule has 9 heteroatoms. The highest BCUT2D eigenvalue weighted by molar-refractivity contribution is 7.90. The number of hydrogen-bond donors (Lipinski definition) is 2. The van der Waals surface area contributed by atoms with Crippen molar-refractivity contribution in [3.63, 3.8) is 0 Å². The Kier molecular flexibility index (Phi) is 5.30. The number of hydrogen-bond acceptors (Lipinski definition) is 4. The molecule has 1 heterocycles. The minimum absolute atomic E-state index is 0.0852. The molecule has 0 radical (unpaired) electrons. The highest BCUT2D eigenvalue weighted by Crippen LogP contribution is 2.26. The molecule has 1 amide bonds. The maximum absolute atomic E-state index is 13.9. The highest BCUT2D eigenvalue weighted by atomic mass is 32.2. The lowest BCUT2D eigenvalue weighted by molar-refractivity contribution is -0.150. The van der Waals surface area contributed by atoms with Gasteiger partial charge in [-0.05, 0) is 31.6 Å². The largest absolute Gasteiger partial charge is 0.479 e. The smallest absolute Gasteiger partial charge is 0.343 e. The van der Waals surface area contributed by atoms with E-state index in [-0.39, 0.29) is 19.0 Å². The van der Waals surface area contributed by atoms with Gasteiger partial charge in [-0.15, -0.1) is 0 Å². The van der Waals surface area contributed by atoms with Crippen molar-refractivity contribution >= 4 is 21.9 Å². The third kappa shape index (κ3) is 4.63. The molecule has 2 rings (SSSR count). The van der Waals surface area contributed by atoms with Gasteiger partial charge in [0.25, 0.3) is 0 Å². The van der Waals surface area contributed by atoms with E-state index in [2.05, 4.69) is 11.6 Å². The highest BCUT2D eigenvalue weighted by Gasteiger charge is 2.47. The van der Waals surface area contributed by atoms with Gasteiger partial charge in [-0.3, -0.25) is 4.79 Å². The van der Waals surface area contributed by atoms with E-state index >= 15 is 0 Å². The van der Waals surface area contributed by atoms with Crippen molar-refractivity contribution in [1.82, 2.24) is 9.62 Å². The lowest BCUT2D eigenvalue weighted by Crippen LogP contribution is -2.44. The number of likely N-dealkylation sites (tertiary alicyclic amines) is 1. The predicted octanol–water partition coefficient (Wildman–Crippen LogP) is 0.510. The standard InChI is InChI=1S/C14H23FN2O5S/c1-10-2-4-11(5-3-10)16-23(21,22)8-12(18)17-7-6-14(15,9-17)13(19)20/h10-11,16H,2-9H2,1H3,(H,19,20). The second kappa shape index (κ2) is 6.72. The fraction of sp³-hybridized carbons (Fsp3) is 0.857. The van der Waals surface area contributed by atoms with Crippen LogP contribution in [0.5, 0.6) is 0 Å². The molecule has 0 aromatic carbocycles. The predicted molar refractivity (Wildman–Crippen MR) is 81.0 cm³/mol. The van der Waals surface area contributed by atoms with Crippen molar-refractivity contribution in [2.45, 2.75) is 50.7 Å². The Hall–Kier alpha value is -1.22. The van der Waals surface area contributed by atoms with Crippen LogP contribution >= 0.6 is 0 Å². The number of nitrogens with zero attached hydrogens (tertiary/aromatic N) is 1. The van der Waals surface area contributed by atoms with Crippen LogP contribution in [0.15, 0.2) is 0 Å². The summed E-state index contributed by atoms with van der Waals surface area (Å²) in [4.78, 5) is 23.8. The second-order valence-electron chi connectivity index (χ2n) is 6.67. The fourth-order valence-corrected chi connectivity index (χ4v) is 4.42. The van der Waals surface area contributed by atoms with Crippen molar-refractivity contribution in [2.24, 2.45) is 5.92 Å². The van der Waals surface area contributed by atoms with E-state index in [4.69, 9.17) is 5.11 Å². The normalized spacial score (nSPS) is 32.0. The molecular formula is C14H23FN2O5S. The summed E-state index contributed by atoms with van der Waals surface area (Å²) < 4.78 is 40.6. The van der Waals surface area contributed by atoms with E-state index in [9.17, 15) is 22.4 Å². The average Bonchev–Trinajstić information content (AvgIpc) is 2.85. The summed E-state index contributed by atoms with van der Waals surface area (Å²) in [6, 6.07) is -0.165. The van der Waals surface area contributed by atoms with E-state index in [0.717, 1.165) is 30.6 Å². The zero-order chi connectivity index (χ0) is 17.3. The van der Waals surface area contributed by atoms with E-state index in [0.29, 0.717) is 5.92 Å². The quantitative estimate of drug-likeness (QED) is 0.752. The van der Waals surface area contributed by atoms with E-state index in [1.807, 2.05) is 0 Å². The average molecular weight is 350 g/mol. The number of carbonyl (C=O) groups excluding carboxylic acids is 1. The lowest BCUT2D eigenvalue weighted by atomic mass is 9.88. The molecule has 0 bridgehead atoms. The van der Waals surface area contributed by atoms with Gasteiger partial charge in [-0.2, -0.15) is 0 Å². The first kappa shape index (κ1) is 18.1. The molecule has 23 heavy (non-hydrogen) atoms. The number of nitrogens with one attached hydrogen (secondary N) is 1. The van der Waals surface area contributed by atoms with Crippen LogP contribution in [-0.2, 0) is 19.6 Å². The Morgan fingerprint density at radius 2 is 1.91 bits per heavy atom. The molecular weight excluding hydrogens is 327 g/mol. The molecule has 0 aromatic heterocycles. The Labute approximate surface area is 135 Å². The van der Waals surface area contributed by atoms with Crippen LogP contribution in [0.1, 0.15) is 39.0 Å². The summed E-state index contributed by atoms with van der Waals surface area (Å²) in [5, 5.41) is 8.80. The molecule has 1 saturated carbocycles. The summed E-state index contributed by atoms with van der Waals surface area (Å²) in [5.74, 6) is -2.57. The van der Waals surface area contributed by atoms with Gasteiger partial charge in [0.15, 0.2) is 0 Å². The van der Waals surface area contributed by atoms with Crippen LogP contribution in [0.4, 0.5) is 4.39 Å². The van der Waals surface area contributed by atoms with Gasteiger partial charge in [-0.1, -0.05) is 6.92 Å². The molecule has 1 aliphatic carbocycles. The van der Waals surface area contributed by atoms with Crippen molar-refractivity contribution in [3.05, 3.63) is 0 Å². The van der Waals surface area contributed by atoms with Gasteiger partial charge in [-0.25, -0.2) is 22.3 Å².